The highest BCUT2D eigenvalue weighted by Gasteiger charge is 2.29. The molecule has 0 unspecified atom stereocenters. The van der Waals surface area contributed by atoms with Crippen LogP contribution in [0.15, 0.2) is 121 Å². The Bertz CT molecular complexity index is 2460. The first-order chi connectivity index (χ1) is 25.2. The average Bonchev–Trinajstić information content (AvgIpc) is 3.41. The van der Waals surface area contributed by atoms with Gasteiger partial charge in [0.15, 0.2) is 0 Å². The molecule has 0 fully saturated rings. The maximum absolute atomic E-state index is 2.45. The fraction of sp³-hybridized carbons (Fsp3) is 0.321. The summed E-state index contributed by atoms with van der Waals surface area (Å²) >= 11 is 0. The van der Waals surface area contributed by atoms with Gasteiger partial charge in [-0.05, 0) is 77.8 Å². The van der Waals surface area contributed by atoms with Gasteiger partial charge in [0.2, 0.25) is 0 Å². The first-order valence-electron chi connectivity index (χ1n) is 19.8. The van der Waals surface area contributed by atoms with E-state index in [0.29, 0.717) is 0 Å². The lowest BCUT2D eigenvalue weighted by Crippen LogP contribution is -2.11. The van der Waals surface area contributed by atoms with E-state index in [-0.39, 0.29) is 21.7 Å². The van der Waals surface area contributed by atoms with Crippen molar-refractivity contribution in [1.29, 1.82) is 0 Å². The Kier molecular flexibility index (Phi) is 9.12. The lowest BCUT2D eigenvalue weighted by Gasteiger charge is -2.26. The largest absolute Gasteiger partial charge is 0.343 e. The van der Waals surface area contributed by atoms with E-state index in [1.165, 1.54) is 88.6 Å². The van der Waals surface area contributed by atoms with Crippen LogP contribution in [0.25, 0.3) is 66.3 Å². The third-order valence-corrected chi connectivity index (χ3v) is 11.5. The molecule has 0 aliphatic rings. The number of aromatic nitrogens is 1. The van der Waals surface area contributed by atoms with Crippen molar-refractivity contribution >= 4 is 21.8 Å². The zero-order valence-electron chi connectivity index (χ0n) is 35.0. The molecule has 7 rings (SSSR count). The van der Waals surface area contributed by atoms with E-state index in [1.807, 2.05) is 0 Å². The number of rotatable bonds is 4. The van der Waals surface area contributed by atoms with E-state index in [0.717, 1.165) is 0 Å². The maximum Gasteiger partial charge on any atom is 0.0581 e. The molecule has 1 nitrogen and oxygen atoms in total. The van der Waals surface area contributed by atoms with Gasteiger partial charge in [0.25, 0.3) is 0 Å². The minimum Gasteiger partial charge on any atom is -0.343 e. The Labute approximate surface area is 325 Å². The second kappa shape index (κ2) is 13.2. The Morgan fingerprint density at radius 3 is 0.981 bits per heavy atom. The van der Waals surface area contributed by atoms with Crippen LogP contribution in [0.2, 0.25) is 0 Å². The smallest absolute Gasteiger partial charge is 0.0581 e. The summed E-state index contributed by atoms with van der Waals surface area (Å²) in [6.45, 7) is 27.6. The van der Waals surface area contributed by atoms with Crippen molar-refractivity contribution in [1.82, 2.24) is 4.57 Å². The second-order valence-corrected chi connectivity index (χ2v) is 19.6. The van der Waals surface area contributed by atoms with E-state index in [9.17, 15) is 0 Å². The summed E-state index contributed by atoms with van der Waals surface area (Å²) in [7, 11) is 2.26. The van der Waals surface area contributed by atoms with Gasteiger partial charge < -0.3 is 4.57 Å². The summed E-state index contributed by atoms with van der Waals surface area (Å²) in [5.74, 6) is 0. The van der Waals surface area contributed by atoms with Crippen LogP contribution in [-0.2, 0) is 28.7 Å². The summed E-state index contributed by atoms with van der Waals surface area (Å²) in [6, 6.07) is 46.7. The van der Waals surface area contributed by atoms with Gasteiger partial charge in [-0.3, -0.25) is 0 Å². The topological polar surface area (TPSA) is 4.93 Å². The Balaban J connectivity index is 1.73. The number of hydrogen-bond acceptors (Lipinski definition) is 0. The SMILES string of the molecule is Cn1c2ccccc2c2c(-c3ccc(C(C)(C)C)cc3)c(-c3ccc(C(C)(C)C)cc3)c(-c3ccc(C(C)(C)C)cc3)c(-c3ccc(C(C)(C)C)cc3)c21. The Hall–Kier alpha value is -4.88. The molecule has 0 N–H and O–H groups in total. The van der Waals surface area contributed by atoms with Gasteiger partial charge in [0.1, 0.15) is 0 Å². The quantitative estimate of drug-likeness (QED) is 0.171. The number of aryl methyl sites for hydroxylation is 1. The minimum absolute atomic E-state index is 0.0509. The van der Waals surface area contributed by atoms with Crippen LogP contribution < -0.4 is 0 Å². The molecule has 0 amide bonds. The molecular weight excluding hydrogens is 651 g/mol. The zero-order chi connectivity index (χ0) is 39.0. The van der Waals surface area contributed by atoms with Gasteiger partial charge in [0, 0.05) is 40.0 Å². The Morgan fingerprint density at radius 1 is 0.333 bits per heavy atom. The average molecular weight is 710 g/mol. The van der Waals surface area contributed by atoms with E-state index >= 15 is 0 Å². The zero-order valence-corrected chi connectivity index (χ0v) is 35.0. The van der Waals surface area contributed by atoms with Gasteiger partial charge in [-0.2, -0.15) is 0 Å². The number of para-hydroxylation sites is 1. The monoisotopic (exact) mass is 709 g/mol. The molecule has 0 aliphatic heterocycles. The van der Waals surface area contributed by atoms with E-state index < -0.39 is 0 Å². The minimum atomic E-state index is 0.0509. The standard InChI is InChI=1S/C53H59N/c1-50(2,3)38-26-18-34(19-27-38)44-45(35-20-28-39(29-21-35)51(4,5)6)47(37-24-32-41(33-25-37)53(10,11)12)49-48(42-16-14-15-17-43(42)54(49)13)46(44)36-22-30-40(31-23-36)52(7,8)9/h14-33H,1-13H3. The molecule has 1 heteroatoms. The predicted octanol–water partition coefficient (Wildman–Crippen LogP) is 15.2. The van der Waals surface area contributed by atoms with Gasteiger partial charge >= 0.3 is 0 Å². The molecule has 1 aromatic heterocycles. The van der Waals surface area contributed by atoms with Crippen LogP contribution in [0.5, 0.6) is 0 Å². The van der Waals surface area contributed by atoms with Crippen molar-refractivity contribution in [2.24, 2.45) is 7.05 Å². The second-order valence-electron chi connectivity index (χ2n) is 19.6. The molecule has 0 atom stereocenters. The number of hydrogen-bond donors (Lipinski definition) is 0. The number of fused-ring (bicyclic) bond motifs is 3. The summed E-state index contributed by atoms with van der Waals surface area (Å²) in [6.07, 6.45) is 0. The maximum atomic E-state index is 2.45. The highest BCUT2D eigenvalue weighted by molar-refractivity contribution is 6.25. The van der Waals surface area contributed by atoms with Gasteiger partial charge in [0.05, 0.1) is 5.52 Å². The highest BCUT2D eigenvalue weighted by atomic mass is 14.9. The van der Waals surface area contributed by atoms with Crippen molar-refractivity contribution in [2.45, 2.75) is 105 Å². The van der Waals surface area contributed by atoms with Crippen molar-refractivity contribution in [3.05, 3.63) is 144 Å². The third-order valence-electron chi connectivity index (χ3n) is 11.5. The lowest BCUT2D eigenvalue weighted by molar-refractivity contribution is 0.590. The van der Waals surface area contributed by atoms with Gasteiger partial charge in [-0.15, -0.1) is 0 Å². The summed E-state index contributed by atoms with van der Waals surface area (Å²) < 4.78 is 2.45. The van der Waals surface area contributed by atoms with Crippen LogP contribution >= 0.6 is 0 Å². The fourth-order valence-corrected chi connectivity index (χ4v) is 8.13. The lowest BCUT2D eigenvalue weighted by atomic mass is 9.77. The fourth-order valence-electron chi connectivity index (χ4n) is 8.13. The molecule has 6 aromatic carbocycles. The summed E-state index contributed by atoms with van der Waals surface area (Å²) in [5, 5.41) is 2.58. The molecular formula is C53H59N. The van der Waals surface area contributed by atoms with Crippen molar-refractivity contribution < 1.29 is 0 Å². The summed E-state index contributed by atoms with van der Waals surface area (Å²) in [5.41, 5.74) is 18.1. The summed E-state index contributed by atoms with van der Waals surface area (Å²) in [4.78, 5) is 0. The van der Waals surface area contributed by atoms with Gasteiger partial charge in [-0.1, -0.05) is 198 Å². The van der Waals surface area contributed by atoms with Gasteiger partial charge in [-0.25, -0.2) is 0 Å². The Morgan fingerprint density at radius 2 is 0.630 bits per heavy atom. The van der Waals surface area contributed by atoms with E-state index in [4.69, 9.17) is 0 Å². The van der Waals surface area contributed by atoms with E-state index in [1.54, 1.807) is 0 Å². The first kappa shape index (κ1) is 37.4. The molecule has 0 aliphatic carbocycles. The van der Waals surface area contributed by atoms with Crippen LogP contribution in [0.1, 0.15) is 105 Å². The van der Waals surface area contributed by atoms with Crippen molar-refractivity contribution in [3.8, 4) is 44.5 Å². The third kappa shape index (κ3) is 6.72. The molecule has 276 valence electrons. The molecule has 0 bridgehead atoms. The van der Waals surface area contributed by atoms with Crippen molar-refractivity contribution in [3.63, 3.8) is 0 Å². The molecule has 0 saturated carbocycles. The van der Waals surface area contributed by atoms with E-state index in [2.05, 4.69) is 216 Å². The highest BCUT2D eigenvalue weighted by Crippen LogP contribution is 2.53. The van der Waals surface area contributed by atoms with Crippen molar-refractivity contribution in [2.75, 3.05) is 0 Å². The number of nitrogens with zero attached hydrogens (tertiary/aromatic N) is 1. The molecule has 7 aromatic rings. The first-order valence-corrected chi connectivity index (χ1v) is 19.8. The molecule has 0 spiro atoms. The number of benzene rings is 6. The molecule has 0 saturated heterocycles. The predicted molar refractivity (Wildman–Crippen MR) is 237 cm³/mol. The molecule has 54 heavy (non-hydrogen) atoms. The molecule has 0 radical (unpaired) electrons. The van der Waals surface area contributed by atoms with Crippen LogP contribution in [0.4, 0.5) is 0 Å². The van der Waals surface area contributed by atoms with Crippen LogP contribution in [0, 0.1) is 0 Å². The van der Waals surface area contributed by atoms with Crippen LogP contribution in [0.3, 0.4) is 0 Å². The molecule has 1 heterocycles. The van der Waals surface area contributed by atoms with Crippen LogP contribution in [-0.4, -0.2) is 4.57 Å². The normalized spacial score (nSPS) is 12.9.